The maximum Gasteiger partial charge on any atom is 0.129 e. The lowest BCUT2D eigenvalue weighted by atomic mass is 10.0. The number of hydrogen-bond donors (Lipinski definition) is 0. The highest BCUT2D eigenvalue weighted by Gasteiger charge is 1.98. The molecule has 0 radical (unpaired) electrons. The van der Waals surface area contributed by atoms with Gasteiger partial charge in [-0.15, -0.1) is 0 Å². The minimum absolute atomic E-state index is 0.201. The molecule has 0 spiro atoms. The zero-order chi connectivity index (χ0) is 11.8. The van der Waals surface area contributed by atoms with E-state index in [-0.39, 0.29) is 5.78 Å². The molecule has 16 heavy (non-hydrogen) atoms. The molecule has 2 nitrogen and oxygen atoms in total. The number of carbonyl (C=O) groups excluding carboxylic acids is 1. The molecule has 0 N–H and O–H groups in total. The molecule has 1 aromatic carbocycles. The second-order valence-corrected chi connectivity index (χ2v) is 3.69. The molecular weight excluding hydrogens is 198 g/mol. The number of allylic oxidation sites excluding steroid dienone is 2. The van der Waals surface area contributed by atoms with Crippen LogP contribution in [-0.4, -0.2) is 5.78 Å². The van der Waals surface area contributed by atoms with E-state index in [0.717, 1.165) is 18.4 Å². The number of nitriles is 1. The van der Waals surface area contributed by atoms with Gasteiger partial charge in [-0.05, 0) is 25.3 Å². The Morgan fingerprint density at radius 2 is 2.06 bits per heavy atom. The zero-order valence-corrected chi connectivity index (χ0v) is 9.44. The maximum atomic E-state index is 10.7. The number of Topliss-reactive ketones (excluding diaryl/α,β-unsaturated/α-hetero) is 1. The normalized spacial score (nSPS) is 10.9. The fraction of sp³-hybridized carbons (Fsp3) is 0.286. The first-order valence-electron chi connectivity index (χ1n) is 5.39. The molecule has 0 amide bonds. The smallest absolute Gasteiger partial charge is 0.129 e. The van der Waals surface area contributed by atoms with Crippen molar-refractivity contribution < 1.29 is 4.79 Å². The van der Waals surface area contributed by atoms with Crippen molar-refractivity contribution in [2.75, 3.05) is 0 Å². The van der Waals surface area contributed by atoms with Crippen LogP contribution in [0.1, 0.15) is 31.7 Å². The molecule has 0 bridgehead atoms. The van der Waals surface area contributed by atoms with Crippen LogP contribution >= 0.6 is 0 Å². The number of ketones is 1. The minimum atomic E-state index is 0.201. The van der Waals surface area contributed by atoms with Gasteiger partial charge in [0.2, 0.25) is 0 Å². The molecular formula is C14H15NO. The summed E-state index contributed by atoms with van der Waals surface area (Å²) in [6.45, 7) is 1.59. The van der Waals surface area contributed by atoms with Crippen LogP contribution in [0.15, 0.2) is 36.4 Å². The van der Waals surface area contributed by atoms with Crippen molar-refractivity contribution in [3.63, 3.8) is 0 Å². The Morgan fingerprint density at radius 1 is 1.38 bits per heavy atom. The summed E-state index contributed by atoms with van der Waals surface area (Å²) in [6, 6.07) is 11.8. The van der Waals surface area contributed by atoms with Crippen molar-refractivity contribution in [2.45, 2.75) is 26.2 Å². The van der Waals surface area contributed by atoms with E-state index in [9.17, 15) is 4.79 Å². The van der Waals surface area contributed by atoms with E-state index >= 15 is 0 Å². The van der Waals surface area contributed by atoms with E-state index in [4.69, 9.17) is 5.26 Å². The van der Waals surface area contributed by atoms with E-state index in [1.165, 1.54) is 0 Å². The van der Waals surface area contributed by atoms with E-state index < -0.39 is 0 Å². The molecule has 0 aliphatic rings. The summed E-state index contributed by atoms with van der Waals surface area (Å²) in [5.41, 5.74) is 1.62. The number of carbonyl (C=O) groups is 1. The predicted molar refractivity (Wildman–Crippen MR) is 64.6 cm³/mol. The molecule has 0 saturated heterocycles. The summed E-state index contributed by atoms with van der Waals surface area (Å²) < 4.78 is 0. The Morgan fingerprint density at radius 3 is 2.62 bits per heavy atom. The Labute approximate surface area is 96.2 Å². The van der Waals surface area contributed by atoms with Crippen LogP contribution in [0.2, 0.25) is 0 Å². The van der Waals surface area contributed by atoms with Gasteiger partial charge in [-0.1, -0.05) is 36.4 Å². The van der Waals surface area contributed by atoms with Crippen LogP contribution in [0, 0.1) is 11.3 Å². The maximum absolute atomic E-state index is 10.7. The third-order valence-electron chi connectivity index (χ3n) is 2.29. The van der Waals surface area contributed by atoms with Crippen molar-refractivity contribution in [1.29, 1.82) is 5.26 Å². The van der Waals surface area contributed by atoms with E-state index in [2.05, 4.69) is 6.07 Å². The number of benzene rings is 1. The highest BCUT2D eigenvalue weighted by molar-refractivity contribution is 5.77. The summed E-state index contributed by atoms with van der Waals surface area (Å²) in [7, 11) is 0. The van der Waals surface area contributed by atoms with E-state index in [1.54, 1.807) is 6.92 Å². The van der Waals surface area contributed by atoms with E-state index in [1.807, 2.05) is 36.4 Å². The third-order valence-corrected chi connectivity index (χ3v) is 2.29. The molecule has 0 aliphatic heterocycles. The molecule has 0 fully saturated rings. The lowest BCUT2D eigenvalue weighted by molar-refractivity contribution is -0.117. The summed E-state index contributed by atoms with van der Waals surface area (Å²) in [5, 5.41) is 9.00. The number of nitrogens with zero attached hydrogens (tertiary/aromatic N) is 1. The summed E-state index contributed by atoms with van der Waals surface area (Å²) >= 11 is 0. The van der Waals surface area contributed by atoms with Crippen LogP contribution < -0.4 is 0 Å². The van der Waals surface area contributed by atoms with Crippen LogP contribution in [-0.2, 0) is 4.79 Å². The van der Waals surface area contributed by atoms with Gasteiger partial charge < -0.3 is 4.79 Å². The second kappa shape index (κ2) is 6.58. The van der Waals surface area contributed by atoms with Crippen molar-refractivity contribution in [3.8, 4) is 6.07 Å². The van der Waals surface area contributed by atoms with Crippen molar-refractivity contribution >= 4 is 11.4 Å². The standard InChI is InChI=1S/C14H15NO/c1-12(16)7-5-6-10-14(11-15)13-8-3-2-4-9-13/h2-4,8-10H,5-7H2,1H3/b14-10-. The predicted octanol–water partition coefficient (Wildman–Crippen LogP) is 3.35. The zero-order valence-electron chi connectivity index (χ0n) is 9.44. The van der Waals surface area contributed by atoms with Gasteiger partial charge >= 0.3 is 0 Å². The van der Waals surface area contributed by atoms with E-state index in [0.29, 0.717) is 12.0 Å². The summed E-state index contributed by atoms with van der Waals surface area (Å²) in [5.74, 6) is 0.201. The molecule has 0 aromatic heterocycles. The quantitative estimate of drug-likeness (QED) is 0.556. The molecule has 0 atom stereocenters. The van der Waals surface area contributed by atoms with Gasteiger partial charge in [-0.25, -0.2) is 0 Å². The Kier molecular flexibility index (Phi) is 5.01. The first-order chi connectivity index (χ1) is 7.74. The topological polar surface area (TPSA) is 40.9 Å². The van der Waals surface area contributed by atoms with Crippen molar-refractivity contribution in [3.05, 3.63) is 42.0 Å². The van der Waals surface area contributed by atoms with Crippen LogP contribution in [0.4, 0.5) is 0 Å². The summed E-state index contributed by atoms with van der Waals surface area (Å²) in [6.07, 6.45) is 4.08. The van der Waals surface area contributed by atoms with Crippen LogP contribution in [0.3, 0.4) is 0 Å². The molecule has 1 aromatic rings. The second-order valence-electron chi connectivity index (χ2n) is 3.69. The van der Waals surface area contributed by atoms with Gasteiger partial charge in [-0.3, -0.25) is 0 Å². The molecule has 2 heteroatoms. The lowest BCUT2D eigenvalue weighted by Gasteiger charge is -1.98. The van der Waals surface area contributed by atoms with Crippen molar-refractivity contribution in [2.24, 2.45) is 0 Å². The van der Waals surface area contributed by atoms with Gasteiger partial charge in [-0.2, -0.15) is 5.26 Å². The first-order valence-corrected chi connectivity index (χ1v) is 5.39. The molecule has 0 heterocycles. The monoisotopic (exact) mass is 213 g/mol. The fourth-order valence-electron chi connectivity index (χ4n) is 1.44. The van der Waals surface area contributed by atoms with Crippen molar-refractivity contribution in [1.82, 2.24) is 0 Å². The molecule has 82 valence electrons. The minimum Gasteiger partial charge on any atom is -0.300 e. The lowest BCUT2D eigenvalue weighted by Crippen LogP contribution is -1.88. The summed E-state index contributed by atoms with van der Waals surface area (Å²) in [4.78, 5) is 10.7. The Bertz CT molecular complexity index is 412. The Balaban J connectivity index is 2.59. The van der Waals surface area contributed by atoms with Gasteiger partial charge in [0.1, 0.15) is 5.78 Å². The number of hydrogen-bond acceptors (Lipinski definition) is 2. The largest absolute Gasteiger partial charge is 0.300 e. The average molecular weight is 213 g/mol. The van der Waals surface area contributed by atoms with Gasteiger partial charge in [0.15, 0.2) is 0 Å². The highest BCUT2D eigenvalue weighted by Crippen LogP contribution is 2.14. The molecule has 0 saturated carbocycles. The first kappa shape index (κ1) is 12.2. The average Bonchev–Trinajstić information content (AvgIpc) is 2.30. The number of unbranched alkanes of at least 4 members (excludes halogenated alkanes) is 1. The molecule has 0 aliphatic carbocycles. The fourth-order valence-corrected chi connectivity index (χ4v) is 1.44. The Hall–Kier alpha value is -1.88. The highest BCUT2D eigenvalue weighted by atomic mass is 16.1. The van der Waals surface area contributed by atoms with Gasteiger partial charge in [0.05, 0.1) is 11.6 Å². The molecule has 0 unspecified atom stereocenters. The van der Waals surface area contributed by atoms with Gasteiger partial charge in [0.25, 0.3) is 0 Å². The molecule has 1 rings (SSSR count). The SMILES string of the molecule is CC(=O)CCC/C=C(/C#N)c1ccccc1. The van der Waals surface area contributed by atoms with Crippen LogP contribution in [0.25, 0.3) is 5.57 Å². The third kappa shape index (κ3) is 4.10. The van der Waals surface area contributed by atoms with Crippen LogP contribution in [0.5, 0.6) is 0 Å². The number of rotatable bonds is 5. The van der Waals surface area contributed by atoms with Gasteiger partial charge in [0, 0.05) is 6.42 Å².